The summed E-state index contributed by atoms with van der Waals surface area (Å²) in [7, 11) is -5.20. The van der Waals surface area contributed by atoms with E-state index in [0.717, 1.165) is 0 Å². The monoisotopic (exact) mass is 376 g/mol. The van der Waals surface area contributed by atoms with Crippen LogP contribution in [0.5, 0.6) is 0 Å². The Balaban J connectivity index is 0.00000144. The molecular weight excluding hydrogens is 365 g/mol. The topological polar surface area (TPSA) is 177 Å². The maximum Gasteiger partial charge on any atom is 1.00 e. The molecule has 0 spiro atoms. The van der Waals surface area contributed by atoms with E-state index >= 15 is 0 Å². The maximum atomic E-state index is 10.5. The number of hydrogen-bond donors (Lipinski definition) is 3. The van der Waals surface area contributed by atoms with Crippen molar-refractivity contribution in [3.05, 3.63) is 18.2 Å². The Labute approximate surface area is 180 Å². The molecule has 14 heteroatoms. The van der Waals surface area contributed by atoms with Crippen LogP contribution in [0.3, 0.4) is 0 Å². The van der Waals surface area contributed by atoms with Crippen LogP contribution < -0.4 is 68.9 Å². The first-order valence-corrected chi connectivity index (χ1v) is 7.65. The van der Waals surface area contributed by atoms with Crippen LogP contribution in [-0.2, 0) is 13.8 Å². The number of fused-ring (bicyclic) bond motifs is 1. The Bertz CT molecular complexity index is 728. The Morgan fingerprint density at radius 3 is 2.71 bits per heavy atom. The largest absolute Gasteiger partial charge is 1.00 e. The molecule has 3 heterocycles. The summed E-state index contributed by atoms with van der Waals surface area (Å²) in [4.78, 5) is 28.8. The van der Waals surface area contributed by atoms with Crippen LogP contribution in [-0.4, -0.2) is 55.3 Å². The van der Waals surface area contributed by atoms with E-state index in [2.05, 4.69) is 24.7 Å². The standard InChI is InChI=1S/C10H13N4O7P.2Na/c15-8-5(2-20-22(17,18)19)21-10(9(8)16)7-6-4(13-14-7)1-11-3-12-6;;/h1,3,5,8-10,15-16H,2H2,(H,13,14)(H2,17,18,19);;/q;2*+1/p-2/t5-,8-,9-,10+;;/m1../s1. The van der Waals surface area contributed by atoms with E-state index in [4.69, 9.17) is 4.74 Å². The van der Waals surface area contributed by atoms with Gasteiger partial charge in [-0.3, -0.25) is 5.10 Å². The zero-order valence-electron chi connectivity index (χ0n) is 12.9. The minimum Gasteiger partial charge on any atom is -0.790 e. The summed E-state index contributed by atoms with van der Waals surface area (Å²) in [5.74, 6) is 0. The summed E-state index contributed by atoms with van der Waals surface area (Å²) in [6, 6.07) is 0. The van der Waals surface area contributed by atoms with Crippen LogP contribution in [0.4, 0.5) is 0 Å². The second-order valence-electron chi connectivity index (χ2n) is 4.71. The van der Waals surface area contributed by atoms with E-state index in [1.807, 2.05) is 0 Å². The second kappa shape index (κ2) is 8.96. The number of rotatable bonds is 4. The molecule has 0 aromatic carbocycles. The molecule has 1 saturated heterocycles. The molecule has 24 heavy (non-hydrogen) atoms. The van der Waals surface area contributed by atoms with Crippen molar-refractivity contribution in [2.45, 2.75) is 24.4 Å². The minimum atomic E-state index is -5.20. The zero-order valence-corrected chi connectivity index (χ0v) is 17.8. The van der Waals surface area contributed by atoms with Crippen molar-refractivity contribution < 1.29 is 92.9 Å². The molecule has 120 valence electrons. The van der Waals surface area contributed by atoms with Gasteiger partial charge in [0.15, 0.2) is 0 Å². The van der Waals surface area contributed by atoms with Crippen molar-refractivity contribution in [1.29, 1.82) is 0 Å². The third kappa shape index (κ3) is 4.83. The summed E-state index contributed by atoms with van der Waals surface area (Å²) in [5, 5.41) is 26.5. The molecule has 3 rings (SSSR count). The van der Waals surface area contributed by atoms with Gasteiger partial charge >= 0.3 is 59.1 Å². The number of aliphatic hydroxyl groups is 2. The Morgan fingerprint density at radius 2 is 2.04 bits per heavy atom. The molecule has 0 bridgehead atoms. The molecule has 1 fully saturated rings. The molecule has 1 aliphatic rings. The average Bonchev–Trinajstić information content (AvgIpc) is 3.00. The molecule has 0 unspecified atom stereocenters. The summed E-state index contributed by atoms with van der Waals surface area (Å²) in [5.41, 5.74) is 1.14. The fourth-order valence-corrected chi connectivity index (χ4v) is 2.60. The number of aromatic amines is 1. The quantitative estimate of drug-likeness (QED) is 0.343. The fourth-order valence-electron chi connectivity index (χ4n) is 2.27. The van der Waals surface area contributed by atoms with Crippen LogP contribution in [0.15, 0.2) is 12.5 Å². The molecular formula is C10H11N4Na2O7P. The van der Waals surface area contributed by atoms with E-state index in [9.17, 15) is 24.6 Å². The van der Waals surface area contributed by atoms with Crippen molar-refractivity contribution in [1.82, 2.24) is 20.2 Å². The van der Waals surface area contributed by atoms with Crippen LogP contribution in [0.2, 0.25) is 0 Å². The molecule has 0 aliphatic carbocycles. The van der Waals surface area contributed by atoms with E-state index < -0.39 is 38.8 Å². The number of ether oxygens (including phenoxy) is 1. The van der Waals surface area contributed by atoms with Gasteiger partial charge in [0, 0.05) is 0 Å². The number of phosphoric ester groups is 1. The van der Waals surface area contributed by atoms with Crippen LogP contribution in [0.25, 0.3) is 11.0 Å². The zero-order chi connectivity index (χ0) is 15.9. The molecule has 3 N–H and O–H groups in total. The van der Waals surface area contributed by atoms with E-state index in [1.54, 1.807) is 0 Å². The Hall–Kier alpha value is 0.540. The summed E-state index contributed by atoms with van der Waals surface area (Å²) < 4.78 is 19.9. The van der Waals surface area contributed by atoms with Crippen LogP contribution >= 0.6 is 7.82 Å². The van der Waals surface area contributed by atoms with Gasteiger partial charge in [-0.05, 0) is 0 Å². The van der Waals surface area contributed by atoms with Gasteiger partial charge in [0.25, 0.3) is 0 Å². The molecule has 2 aromatic heterocycles. The number of aliphatic hydroxyl groups excluding tert-OH is 2. The Kier molecular flexibility index (Phi) is 8.43. The number of H-pyrrole nitrogens is 1. The normalized spacial score (nSPS) is 26.8. The number of phosphoric acid groups is 1. The number of nitrogens with zero attached hydrogens (tertiary/aromatic N) is 3. The third-order valence-corrected chi connectivity index (χ3v) is 3.75. The number of nitrogens with one attached hydrogen (secondary N) is 1. The number of aromatic nitrogens is 4. The van der Waals surface area contributed by atoms with Gasteiger partial charge in [0.1, 0.15) is 41.8 Å². The van der Waals surface area contributed by atoms with Crippen molar-refractivity contribution in [2.24, 2.45) is 0 Å². The van der Waals surface area contributed by atoms with E-state index in [1.165, 1.54) is 12.5 Å². The molecule has 2 aromatic rings. The average molecular weight is 376 g/mol. The molecule has 0 radical (unpaired) electrons. The smallest absolute Gasteiger partial charge is 0.790 e. The SMILES string of the molecule is O=P([O-])([O-])OC[C@H]1O[C@@H](c2[nH]nc3cncnc23)[C@H](O)[C@@H]1O.[Na+].[Na+]. The fraction of sp³-hybridized carbons (Fsp3) is 0.500. The first-order chi connectivity index (χ1) is 10.4. The summed E-state index contributed by atoms with van der Waals surface area (Å²) in [6.45, 7) is -0.694. The van der Waals surface area contributed by atoms with Crippen molar-refractivity contribution in [3.63, 3.8) is 0 Å². The van der Waals surface area contributed by atoms with Gasteiger partial charge in [0.2, 0.25) is 0 Å². The minimum absolute atomic E-state index is 0. The number of hydrogen-bond acceptors (Lipinski definition) is 10. The van der Waals surface area contributed by atoms with Crippen molar-refractivity contribution >= 4 is 18.9 Å². The molecule has 11 nitrogen and oxygen atoms in total. The van der Waals surface area contributed by atoms with Crippen molar-refractivity contribution in [2.75, 3.05) is 6.61 Å². The predicted molar refractivity (Wildman–Crippen MR) is 64.9 cm³/mol. The molecule has 1 aliphatic heterocycles. The van der Waals surface area contributed by atoms with Gasteiger partial charge in [-0.1, -0.05) is 0 Å². The first-order valence-electron chi connectivity index (χ1n) is 6.19. The summed E-state index contributed by atoms with van der Waals surface area (Å²) in [6.07, 6.45) is -2.28. The van der Waals surface area contributed by atoms with Gasteiger partial charge in [0.05, 0.1) is 26.3 Å². The van der Waals surface area contributed by atoms with Crippen molar-refractivity contribution in [3.8, 4) is 0 Å². The van der Waals surface area contributed by atoms with Crippen LogP contribution in [0.1, 0.15) is 11.8 Å². The summed E-state index contributed by atoms with van der Waals surface area (Å²) >= 11 is 0. The Morgan fingerprint density at radius 1 is 1.33 bits per heavy atom. The van der Waals surface area contributed by atoms with Crippen LogP contribution in [0, 0.1) is 0 Å². The van der Waals surface area contributed by atoms with Gasteiger partial charge in [-0.15, -0.1) is 0 Å². The van der Waals surface area contributed by atoms with Gasteiger partial charge in [-0.25, -0.2) is 9.97 Å². The molecule has 0 saturated carbocycles. The molecule has 4 atom stereocenters. The van der Waals surface area contributed by atoms with Gasteiger partial charge in [-0.2, -0.15) is 5.10 Å². The van der Waals surface area contributed by atoms with E-state index in [-0.39, 0.29) is 59.1 Å². The second-order valence-corrected chi connectivity index (χ2v) is 5.87. The van der Waals surface area contributed by atoms with E-state index in [0.29, 0.717) is 16.7 Å². The van der Waals surface area contributed by atoms with Gasteiger partial charge < -0.3 is 33.8 Å². The maximum absolute atomic E-state index is 10.5. The predicted octanol–water partition coefficient (Wildman–Crippen LogP) is -8.63. The first kappa shape index (κ1) is 22.6. The third-order valence-electron chi connectivity index (χ3n) is 3.29. The molecule has 0 amide bonds.